The second-order valence-electron chi connectivity index (χ2n) is 8.22. The first-order valence-corrected chi connectivity index (χ1v) is 11.1. The number of nitro groups is 1. The molecule has 0 unspecified atom stereocenters. The van der Waals surface area contributed by atoms with E-state index in [1.165, 1.54) is 12.1 Å². The molecule has 0 saturated carbocycles. The number of rotatable bonds is 3. The number of aromatic nitrogens is 2. The fraction of sp³-hybridized carbons (Fsp3) is 0.261. The second-order valence-corrected chi connectivity index (χ2v) is 9.06. The number of hydrogen-bond acceptors (Lipinski definition) is 7. The Hall–Kier alpha value is -3.23. The van der Waals surface area contributed by atoms with Gasteiger partial charge in [0, 0.05) is 48.6 Å². The van der Waals surface area contributed by atoms with Gasteiger partial charge in [0.15, 0.2) is 11.6 Å². The van der Waals surface area contributed by atoms with Gasteiger partial charge in [-0.3, -0.25) is 14.9 Å². The summed E-state index contributed by atoms with van der Waals surface area (Å²) in [4.78, 5) is 25.4. The van der Waals surface area contributed by atoms with E-state index in [2.05, 4.69) is 15.1 Å². The van der Waals surface area contributed by atoms with Crippen LogP contribution in [0.4, 0.5) is 11.5 Å². The second kappa shape index (κ2) is 8.28. The molecule has 3 heterocycles. The molecule has 0 N–H and O–H groups in total. The van der Waals surface area contributed by atoms with E-state index in [-0.39, 0.29) is 17.9 Å². The monoisotopic (exact) mass is 484 g/mol. The number of carbonyl (C=O) groups excluding carboxylic acids is 1. The van der Waals surface area contributed by atoms with E-state index in [1.54, 1.807) is 30.3 Å². The lowest BCUT2D eigenvalue weighted by atomic mass is 9.82. The molecule has 2 aromatic carbocycles. The van der Waals surface area contributed by atoms with Crippen LogP contribution in [0, 0.1) is 10.1 Å². The molecule has 1 spiro atoms. The number of Topliss-reactive ketones (excluding diaryl/α,β-unsaturated/α-hetero) is 1. The molecule has 0 atom stereocenters. The van der Waals surface area contributed by atoms with E-state index in [9.17, 15) is 14.9 Å². The van der Waals surface area contributed by atoms with Crippen LogP contribution in [-0.4, -0.2) is 39.6 Å². The Morgan fingerprint density at radius 2 is 1.85 bits per heavy atom. The molecule has 2 aliphatic heterocycles. The number of hydrogen-bond donors (Lipinski definition) is 0. The fourth-order valence-electron chi connectivity index (χ4n) is 4.36. The Kier molecular flexibility index (Phi) is 5.42. The van der Waals surface area contributed by atoms with Gasteiger partial charge in [0.05, 0.1) is 27.6 Å². The third-order valence-corrected chi connectivity index (χ3v) is 6.61. The SMILES string of the molecule is O=C1CC2(CCN(c3ccc(-c4cccc([N+](=O)[O-])c4)nn3)CC2)Oc2c(Cl)cc(Cl)cc21. The maximum Gasteiger partial charge on any atom is 0.270 e. The molecule has 33 heavy (non-hydrogen) atoms. The van der Waals surface area contributed by atoms with E-state index < -0.39 is 10.5 Å². The lowest BCUT2D eigenvalue weighted by molar-refractivity contribution is -0.384. The fourth-order valence-corrected chi connectivity index (χ4v) is 4.89. The van der Waals surface area contributed by atoms with E-state index in [0.717, 1.165) is 0 Å². The van der Waals surface area contributed by atoms with Crippen LogP contribution >= 0.6 is 23.2 Å². The number of ketones is 1. The first-order valence-electron chi connectivity index (χ1n) is 10.4. The normalized spacial score (nSPS) is 16.9. The first-order chi connectivity index (χ1) is 15.8. The van der Waals surface area contributed by atoms with Gasteiger partial charge in [-0.05, 0) is 24.3 Å². The van der Waals surface area contributed by atoms with Crippen molar-refractivity contribution < 1.29 is 14.5 Å². The minimum absolute atomic E-state index is 0.00526. The third kappa shape index (κ3) is 4.12. The molecular formula is C23H18Cl2N4O4. The van der Waals surface area contributed by atoms with Gasteiger partial charge in [0.25, 0.3) is 5.69 Å². The van der Waals surface area contributed by atoms with Crippen LogP contribution < -0.4 is 9.64 Å². The molecule has 0 bridgehead atoms. The van der Waals surface area contributed by atoms with Gasteiger partial charge in [-0.2, -0.15) is 0 Å². The van der Waals surface area contributed by atoms with Gasteiger partial charge in [0.1, 0.15) is 11.4 Å². The van der Waals surface area contributed by atoms with Crippen molar-refractivity contribution in [3.63, 3.8) is 0 Å². The quantitative estimate of drug-likeness (QED) is 0.364. The van der Waals surface area contributed by atoms with Crippen molar-refractivity contribution in [3.05, 3.63) is 74.3 Å². The summed E-state index contributed by atoms with van der Waals surface area (Å²) in [6, 6.07) is 13.1. The number of piperidine rings is 1. The summed E-state index contributed by atoms with van der Waals surface area (Å²) in [6.45, 7) is 1.28. The standard InChI is InChI=1S/C23H18Cl2N4O4/c24-15-11-17-20(30)13-23(33-22(17)18(25)12-15)6-8-28(9-7-23)21-5-4-19(26-27-21)14-2-1-3-16(10-14)29(31)32/h1-5,10-12H,6-9,13H2. The van der Waals surface area contributed by atoms with Crippen LogP contribution in [0.15, 0.2) is 48.5 Å². The third-order valence-electron chi connectivity index (χ3n) is 6.11. The maximum absolute atomic E-state index is 12.8. The Morgan fingerprint density at radius 3 is 2.55 bits per heavy atom. The summed E-state index contributed by atoms with van der Waals surface area (Å²) in [5, 5.41) is 20.4. The van der Waals surface area contributed by atoms with Crippen LogP contribution in [0.25, 0.3) is 11.3 Å². The van der Waals surface area contributed by atoms with Gasteiger partial charge in [-0.1, -0.05) is 35.3 Å². The zero-order valence-electron chi connectivity index (χ0n) is 17.3. The molecule has 0 amide bonds. The van der Waals surface area contributed by atoms with Gasteiger partial charge in [0.2, 0.25) is 0 Å². The van der Waals surface area contributed by atoms with E-state index in [0.29, 0.717) is 64.4 Å². The summed E-state index contributed by atoms with van der Waals surface area (Å²) >= 11 is 12.3. The van der Waals surface area contributed by atoms with Gasteiger partial charge in [-0.25, -0.2) is 0 Å². The van der Waals surface area contributed by atoms with E-state index in [4.69, 9.17) is 27.9 Å². The minimum Gasteiger partial charge on any atom is -0.484 e. The lowest BCUT2D eigenvalue weighted by Gasteiger charge is -2.44. The summed E-state index contributed by atoms with van der Waals surface area (Å²) in [5.41, 5.74) is 1.02. The van der Waals surface area contributed by atoms with Crippen molar-refractivity contribution >= 4 is 40.5 Å². The zero-order valence-corrected chi connectivity index (χ0v) is 18.8. The number of nitro benzene ring substituents is 1. The molecule has 2 aliphatic rings. The summed E-state index contributed by atoms with van der Waals surface area (Å²) in [5.74, 6) is 1.09. The topological polar surface area (TPSA) is 98.5 Å². The number of carbonyl (C=O) groups is 1. The van der Waals surface area contributed by atoms with Crippen molar-refractivity contribution in [2.75, 3.05) is 18.0 Å². The number of fused-ring (bicyclic) bond motifs is 1. The summed E-state index contributed by atoms with van der Waals surface area (Å²) in [6.07, 6.45) is 1.54. The van der Waals surface area contributed by atoms with Crippen LogP contribution in [0.2, 0.25) is 10.0 Å². The average Bonchev–Trinajstić information content (AvgIpc) is 2.81. The molecule has 1 fully saturated rings. The van der Waals surface area contributed by atoms with Gasteiger partial charge < -0.3 is 9.64 Å². The number of nitrogens with zero attached hydrogens (tertiary/aromatic N) is 4. The Morgan fingerprint density at radius 1 is 1.06 bits per heavy atom. The number of non-ortho nitro benzene ring substituents is 1. The molecule has 5 rings (SSSR count). The van der Waals surface area contributed by atoms with Crippen LogP contribution in [0.5, 0.6) is 5.75 Å². The van der Waals surface area contributed by atoms with Crippen molar-refractivity contribution in [2.24, 2.45) is 0 Å². The highest BCUT2D eigenvalue weighted by Gasteiger charge is 2.44. The number of benzene rings is 2. The Bertz CT molecular complexity index is 1260. The molecule has 3 aromatic rings. The minimum atomic E-state index is -0.603. The predicted octanol–water partition coefficient (Wildman–Crippen LogP) is 5.36. The van der Waals surface area contributed by atoms with Crippen molar-refractivity contribution in [2.45, 2.75) is 24.9 Å². The van der Waals surface area contributed by atoms with Crippen molar-refractivity contribution in [3.8, 4) is 17.0 Å². The van der Waals surface area contributed by atoms with Crippen molar-refractivity contribution in [1.29, 1.82) is 0 Å². The van der Waals surface area contributed by atoms with Crippen LogP contribution in [-0.2, 0) is 0 Å². The number of ether oxygens (including phenoxy) is 1. The van der Waals surface area contributed by atoms with Gasteiger partial charge in [-0.15, -0.1) is 10.2 Å². The maximum atomic E-state index is 12.8. The van der Waals surface area contributed by atoms with E-state index in [1.807, 2.05) is 6.07 Å². The smallest absolute Gasteiger partial charge is 0.270 e. The first kappa shape index (κ1) is 21.6. The largest absolute Gasteiger partial charge is 0.484 e. The molecule has 10 heteroatoms. The number of anilines is 1. The summed E-state index contributed by atoms with van der Waals surface area (Å²) < 4.78 is 6.28. The Labute approximate surface area is 199 Å². The molecular weight excluding hydrogens is 467 g/mol. The Balaban J connectivity index is 1.30. The van der Waals surface area contributed by atoms with Crippen molar-refractivity contribution in [1.82, 2.24) is 10.2 Å². The predicted molar refractivity (Wildman–Crippen MR) is 124 cm³/mol. The van der Waals surface area contributed by atoms with Gasteiger partial charge >= 0.3 is 0 Å². The molecule has 0 radical (unpaired) electrons. The highest BCUT2D eigenvalue weighted by atomic mass is 35.5. The molecule has 168 valence electrons. The zero-order chi connectivity index (χ0) is 23.2. The molecule has 8 nitrogen and oxygen atoms in total. The lowest BCUT2D eigenvalue weighted by Crippen LogP contribution is -2.51. The van der Waals surface area contributed by atoms with E-state index >= 15 is 0 Å². The highest BCUT2D eigenvalue weighted by Crippen LogP contribution is 2.44. The number of halogens is 2. The molecule has 1 aromatic heterocycles. The molecule has 0 aliphatic carbocycles. The average molecular weight is 485 g/mol. The molecule has 1 saturated heterocycles. The summed E-state index contributed by atoms with van der Waals surface area (Å²) in [7, 11) is 0. The van der Waals surface area contributed by atoms with Crippen LogP contribution in [0.1, 0.15) is 29.6 Å². The highest BCUT2D eigenvalue weighted by molar-refractivity contribution is 6.36. The van der Waals surface area contributed by atoms with Crippen LogP contribution in [0.3, 0.4) is 0 Å².